The minimum Gasteiger partial charge on any atom is -0.461 e. The van der Waals surface area contributed by atoms with Crippen LogP contribution in [0.3, 0.4) is 0 Å². The monoisotopic (exact) mass is 321 g/mol. The van der Waals surface area contributed by atoms with E-state index in [4.69, 9.17) is 10.5 Å². The summed E-state index contributed by atoms with van der Waals surface area (Å²) in [5.74, 6) is -0.908. The molecule has 0 aromatic carbocycles. The number of nitrogen functional groups attached to an aromatic ring is 1. The highest BCUT2D eigenvalue weighted by atomic mass is 32.1. The summed E-state index contributed by atoms with van der Waals surface area (Å²) < 4.78 is 5.02. The van der Waals surface area contributed by atoms with Crippen LogP contribution in [0.1, 0.15) is 45.9 Å². The summed E-state index contributed by atoms with van der Waals surface area (Å²) in [6.07, 6.45) is 1.76. The summed E-state index contributed by atoms with van der Waals surface area (Å²) in [5, 5.41) is 9.81. The van der Waals surface area contributed by atoms with Gasteiger partial charge in [0.15, 0.2) is 5.13 Å². The minimum atomic E-state index is -0.487. The SMILES string of the molecule is CCOC(=O)c1[nH]ncc1[C@@H]1CC(=O)NCc2nc(N)sc21. The van der Waals surface area contributed by atoms with Crippen molar-refractivity contribution in [3.8, 4) is 0 Å². The molecule has 0 fully saturated rings. The third kappa shape index (κ3) is 2.54. The average molecular weight is 321 g/mol. The number of hydrogen-bond donors (Lipinski definition) is 3. The number of aromatic amines is 1. The number of carbonyl (C=O) groups is 2. The highest BCUT2D eigenvalue weighted by molar-refractivity contribution is 7.15. The number of rotatable bonds is 3. The molecule has 9 heteroatoms. The predicted molar refractivity (Wildman–Crippen MR) is 79.4 cm³/mol. The molecule has 2 aromatic rings. The lowest BCUT2D eigenvalue weighted by atomic mass is 9.94. The Morgan fingerprint density at radius 1 is 1.59 bits per heavy atom. The van der Waals surface area contributed by atoms with Gasteiger partial charge in [-0.1, -0.05) is 0 Å². The molecule has 3 heterocycles. The van der Waals surface area contributed by atoms with Crippen molar-refractivity contribution in [2.75, 3.05) is 12.3 Å². The molecule has 22 heavy (non-hydrogen) atoms. The molecule has 0 unspecified atom stereocenters. The van der Waals surface area contributed by atoms with Crippen molar-refractivity contribution in [2.45, 2.75) is 25.8 Å². The first kappa shape index (κ1) is 14.5. The van der Waals surface area contributed by atoms with Crippen LogP contribution >= 0.6 is 11.3 Å². The average Bonchev–Trinajstić information content (AvgIpc) is 3.06. The Bertz CT molecular complexity index is 723. The van der Waals surface area contributed by atoms with E-state index in [-0.39, 0.29) is 30.5 Å². The molecule has 1 aliphatic heterocycles. The summed E-state index contributed by atoms with van der Waals surface area (Å²) >= 11 is 1.33. The first-order valence-corrected chi connectivity index (χ1v) is 7.64. The quantitative estimate of drug-likeness (QED) is 0.718. The molecule has 0 aliphatic carbocycles. The number of nitrogens with one attached hydrogen (secondary N) is 2. The van der Waals surface area contributed by atoms with Gasteiger partial charge in [0, 0.05) is 22.8 Å². The van der Waals surface area contributed by atoms with Crippen LogP contribution in [0.5, 0.6) is 0 Å². The predicted octanol–water partition coefficient (Wildman–Crippen LogP) is 0.777. The van der Waals surface area contributed by atoms with Crippen molar-refractivity contribution in [1.82, 2.24) is 20.5 Å². The molecular weight excluding hydrogens is 306 g/mol. The van der Waals surface area contributed by atoms with Crippen LogP contribution < -0.4 is 11.1 Å². The van der Waals surface area contributed by atoms with Gasteiger partial charge in [0.05, 0.1) is 25.0 Å². The van der Waals surface area contributed by atoms with Crippen LogP contribution in [0.2, 0.25) is 0 Å². The Morgan fingerprint density at radius 2 is 2.41 bits per heavy atom. The molecule has 116 valence electrons. The van der Waals surface area contributed by atoms with Crippen molar-refractivity contribution in [1.29, 1.82) is 0 Å². The summed E-state index contributed by atoms with van der Waals surface area (Å²) in [7, 11) is 0. The first-order valence-electron chi connectivity index (χ1n) is 6.82. The topological polar surface area (TPSA) is 123 Å². The second kappa shape index (κ2) is 5.76. The van der Waals surface area contributed by atoms with Crippen molar-refractivity contribution >= 4 is 28.3 Å². The minimum absolute atomic E-state index is 0.107. The maximum atomic E-state index is 12.0. The number of esters is 1. The van der Waals surface area contributed by atoms with E-state index in [2.05, 4.69) is 20.5 Å². The zero-order chi connectivity index (χ0) is 15.7. The van der Waals surface area contributed by atoms with E-state index < -0.39 is 5.97 Å². The van der Waals surface area contributed by atoms with E-state index in [0.29, 0.717) is 17.2 Å². The van der Waals surface area contributed by atoms with Crippen molar-refractivity contribution in [3.63, 3.8) is 0 Å². The zero-order valence-corrected chi connectivity index (χ0v) is 12.7. The van der Waals surface area contributed by atoms with Gasteiger partial charge in [-0.15, -0.1) is 11.3 Å². The number of hydrogen-bond acceptors (Lipinski definition) is 7. The van der Waals surface area contributed by atoms with Crippen LogP contribution in [0.4, 0.5) is 5.13 Å². The molecule has 0 spiro atoms. The van der Waals surface area contributed by atoms with Crippen molar-refractivity contribution < 1.29 is 14.3 Å². The van der Waals surface area contributed by atoms with Crippen LogP contribution in [0.25, 0.3) is 0 Å². The molecule has 1 amide bonds. The number of aromatic nitrogens is 3. The molecule has 1 aliphatic rings. The molecule has 3 rings (SSSR count). The first-order chi connectivity index (χ1) is 10.6. The summed E-state index contributed by atoms with van der Waals surface area (Å²) in [6, 6.07) is 0. The standard InChI is InChI=1S/C13H15N5O3S/c1-2-21-12(20)10-7(4-16-18-10)6-3-9(19)15-5-8-11(6)22-13(14)17-8/h4,6H,2-3,5H2,1H3,(H2,14,17)(H,15,19)(H,16,18)/t6-/m0/s1. The molecule has 0 saturated carbocycles. The van der Waals surface area contributed by atoms with Gasteiger partial charge in [-0.05, 0) is 6.92 Å². The Morgan fingerprint density at radius 3 is 3.18 bits per heavy atom. The van der Waals surface area contributed by atoms with Gasteiger partial charge in [0.25, 0.3) is 0 Å². The summed E-state index contributed by atoms with van der Waals surface area (Å²) in [6.45, 7) is 2.33. The van der Waals surface area contributed by atoms with E-state index in [1.54, 1.807) is 13.1 Å². The number of H-pyrrole nitrogens is 1. The fourth-order valence-electron chi connectivity index (χ4n) is 2.49. The van der Waals surface area contributed by atoms with Gasteiger partial charge < -0.3 is 15.8 Å². The van der Waals surface area contributed by atoms with Gasteiger partial charge in [-0.25, -0.2) is 9.78 Å². The number of amides is 1. The number of carbonyl (C=O) groups excluding carboxylic acids is 2. The van der Waals surface area contributed by atoms with E-state index in [1.807, 2.05) is 0 Å². The lowest BCUT2D eigenvalue weighted by Gasteiger charge is -2.12. The van der Waals surface area contributed by atoms with Gasteiger partial charge in [-0.2, -0.15) is 5.10 Å². The molecule has 0 bridgehead atoms. The second-order valence-electron chi connectivity index (χ2n) is 4.82. The zero-order valence-electron chi connectivity index (χ0n) is 11.9. The Hall–Kier alpha value is -2.42. The molecule has 0 saturated heterocycles. The Labute approximate surface area is 130 Å². The fourth-order valence-corrected chi connectivity index (χ4v) is 3.46. The normalized spacial score (nSPS) is 17.5. The largest absolute Gasteiger partial charge is 0.461 e. The van der Waals surface area contributed by atoms with Crippen LogP contribution in [0, 0.1) is 0 Å². The van der Waals surface area contributed by atoms with Gasteiger partial charge >= 0.3 is 5.97 Å². The van der Waals surface area contributed by atoms with E-state index in [9.17, 15) is 9.59 Å². The van der Waals surface area contributed by atoms with E-state index in [0.717, 1.165) is 10.6 Å². The van der Waals surface area contributed by atoms with Crippen LogP contribution in [0.15, 0.2) is 6.20 Å². The lowest BCUT2D eigenvalue weighted by Crippen LogP contribution is -2.21. The molecule has 0 radical (unpaired) electrons. The third-order valence-corrected chi connectivity index (χ3v) is 4.47. The highest BCUT2D eigenvalue weighted by Gasteiger charge is 2.31. The highest BCUT2D eigenvalue weighted by Crippen LogP contribution is 2.38. The number of fused-ring (bicyclic) bond motifs is 1. The van der Waals surface area contributed by atoms with Crippen LogP contribution in [-0.2, 0) is 16.1 Å². The number of ether oxygens (including phenoxy) is 1. The number of nitrogens with zero attached hydrogens (tertiary/aromatic N) is 2. The van der Waals surface area contributed by atoms with E-state index >= 15 is 0 Å². The Kier molecular flexibility index (Phi) is 3.80. The number of anilines is 1. The Balaban J connectivity index is 2.05. The lowest BCUT2D eigenvalue weighted by molar-refractivity contribution is -0.121. The molecule has 1 atom stereocenters. The fraction of sp³-hybridized carbons (Fsp3) is 0.385. The molecular formula is C13H15N5O3S. The van der Waals surface area contributed by atoms with Gasteiger partial charge in [-0.3, -0.25) is 9.89 Å². The maximum absolute atomic E-state index is 12.0. The second-order valence-corrected chi connectivity index (χ2v) is 5.88. The molecule has 4 N–H and O–H groups in total. The van der Waals surface area contributed by atoms with Crippen molar-refractivity contribution in [2.24, 2.45) is 0 Å². The smallest absolute Gasteiger partial charge is 0.356 e. The maximum Gasteiger partial charge on any atom is 0.356 e. The van der Waals surface area contributed by atoms with Crippen LogP contribution in [-0.4, -0.2) is 33.7 Å². The number of thiazole rings is 1. The van der Waals surface area contributed by atoms with E-state index in [1.165, 1.54) is 11.3 Å². The van der Waals surface area contributed by atoms with Gasteiger partial charge in [0.2, 0.25) is 5.91 Å². The summed E-state index contributed by atoms with van der Waals surface area (Å²) in [4.78, 5) is 29.1. The van der Waals surface area contributed by atoms with Gasteiger partial charge in [0.1, 0.15) is 5.69 Å². The molecule has 8 nitrogen and oxygen atoms in total. The number of nitrogens with two attached hydrogens (primary N) is 1. The summed E-state index contributed by atoms with van der Waals surface area (Å²) in [5.41, 5.74) is 7.40. The molecule has 2 aromatic heterocycles. The van der Waals surface area contributed by atoms with Crippen molar-refractivity contribution in [3.05, 3.63) is 28.0 Å². The third-order valence-electron chi connectivity index (χ3n) is 3.43.